The molecule has 0 aliphatic carbocycles. The number of carbonyl (C=O) groups excluding carboxylic acids is 2. The van der Waals surface area contributed by atoms with Crippen LogP contribution in [0.5, 0.6) is 0 Å². The van der Waals surface area contributed by atoms with E-state index in [0.717, 1.165) is 24.9 Å². The molecular weight excluding hydrogens is 500 g/mol. The number of amides is 2. The third kappa shape index (κ3) is 5.32. The number of rotatable bonds is 6. The van der Waals surface area contributed by atoms with Gasteiger partial charge in [-0.25, -0.2) is 13.1 Å². The standard InChI is InChI=1S/C29H34N4O4S/c1-19-8-3-4-9-21(19)28(34)31-25-13-14-27(23-11-6-5-10-22(23)25)38(36,37)32-24-15-17-33(18-20(24)2)29(35)26-12-7-16-30-26/h3-6,8-11,13-14,20,24,26,30,32H,7,12,15-18H2,1-2H3,(H,31,34)/t20-,24-,26+/m1/s1. The summed E-state index contributed by atoms with van der Waals surface area (Å²) in [6.07, 6.45) is 2.42. The zero-order valence-corrected chi connectivity index (χ0v) is 22.6. The lowest BCUT2D eigenvalue weighted by Gasteiger charge is -2.38. The van der Waals surface area contributed by atoms with Gasteiger partial charge in [-0.1, -0.05) is 49.4 Å². The summed E-state index contributed by atoms with van der Waals surface area (Å²) in [5.41, 5.74) is 1.98. The molecule has 38 heavy (non-hydrogen) atoms. The maximum Gasteiger partial charge on any atom is 0.255 e. The van der Waals surface area contributed by atoms with E-state index < -0.39 is 10.0 Å². The summed E-state index contributed by atoms with van der Waals surface area (Å²) in [6, 6.07) is 17.3. The highest BCUT2D eigenvalue weighted by Gasteiger charge is 2.35. The quantitative estimate of drug-likeness (QED) is 0.447. The minimum absolute atomic E-state index is 0.0252. The van der Waals surface area contributed by atoms with Crippen molar-refractivity contribution < 1.29 is 18.0 Å². The van der Waals surface area contributed by atoms with Crippen molar-refractivity contribution in [3.63, 3.8) is 0 Å². The largest absolute Gasteiger partial charge is 0.341 e. The lowest BCUT2D eigenvalue weighted by Crippen LogP contribution is -2.54. The van der Waals surface area contributed by atoms with Crippen LogP contribution in [0.1, 0.15) is 42.1 Å². The molecule has 2 heterocycles. The maximum absolute atomic E-state index is 13.6. The fourth-order valence-corrected chi connectivity index (χ4v) is 7.12. The molecule has 9 heteroatoms. The Morgan fingerprint density at radius 1 is 0.974 bits per heavy atom. The Hall–Kier alpha value is -3.27. The molecule has 0 unspecified atom stereocenters. The monoisotopic (exact) mass is 534 g/mol. The molecule has 0 bridgehead atoms. The Kier molecular flexibility index (Phi) is 7.52. The highest BCUT2D eigenvalue weighted by molar-refractivity contribution is 7.89. The van der Waals surface area contributed by atoms with Crippen molar-refractivity contribution in [2.24, 2.45) is 5.92 Å². The van der Waals surface area contributed by atoms with E-state index in [1.807, 2.05) is 49.1 Å². The van der Waals surface area contributed by atoms with Crippen LogP contribution in [0.15, 0.2) is 65.6 Å². The molecule has 2 aliphatic heterocycles. The van der Waals surface area contributed by atoms with Crippen molar-refractivity contribution in [3.8, 4) is 0 Å². The zero-order chi connectivity index (χ0) is 26.9. The number of nitrogens with one attached hydrogen (secondary N) is 3. The van der Waals surface area contributed by atoms with Crippen LogP contribution < -0.4 is 15.4 Å². The average Bonchev–Trinajstić information content (AvgIpc) is 3.45. The van der Waals surface area contributed by atoms with Crippen LogP contribution in [0, 0.1) is 12.8 Å². The molecule has 2 aliphatic rings. The van der Waals surface area contributed by atoms with Crippen LogP contribution in [0.25, 0.3) is 10.8 Å². The van der Waals surface area contributed by atoms with Gasteiger partial charge in [0.15, 0.2) is 0 Å². The van der Waals surface area contributed by atoms with Gasteiger partial charge in [0.1, 0.15) is 0 Å². The lowest BCUT2D eigenvalue weighted by molar-refractivity contribution is -0.135. The van der Waals surface area contributed by atoms with Crippen molar-refractivity contribution in [1.29, 1.82) is 0 Å². The first-order valence-corrected chi connectivity index (χ1v) is 14.7. The lowest BCUT2D eigenvalue weighted by atomic mass is 9.94. The van der Waals surface area contributed by atoms with Gasteiger partial charge in [-0.2, -0.15) is 0 Å². The van der Waals surface area contributed by atoms with Crippen molar-refractivity contribution in [3.05, 3.63) is 71.8 Å². The third-order valence-electron chi connectivity index (χ3n) is 7.69. The third-order valence-corrected chi connectivity index (χ3v) is 9.24. The summed E-state index contributed by atoms with van der Waals surface area (Å²) in [5, 5.41) is 7.39. The number of piperidine rings is 1. The molecule has 3 aromatic carbocycles. The van der Waals surface area contributed by atoms with Crippen LogP contribution in [-0.2, 0) is 14.8 Å². The molecule has 0 aromatic heterocycles. The second-order valence-corrected chi connectivity index (χ2v) is 12.0. The number of hydrogen-bond donors (Lipinski definition) is 3. The number of nitrogens with zero attached hydrogens (tertiary/aromatic N) is 1. The van der Waals surface area contributed by atoms with E-state index in [4.69, 9.17) is 0 Å². The molecule has 0 saturated carbocycles. The van der Waals surface area contributed by atoms with Crippen molar-refractivity contribution >= 4 is 38.3 Å². The normalized spacial score (nSPS) is 21.9. The van der Waals surface area contributed by atoms with Gasteiger partial charge in [-0.3, -0.25) is 9.59 Å². The van der Waals surface area contributed by atoms with Gasteiger partial charge in [0, 0.05) is 41.2 Å². The van der Waals surface area contributed by atoms with E-state index in [9.17, 15) is 18.0 Å². The molecule has 2 saturated heterocycles. The molecule has 2 fully saturated rings. The molecule has 3 N–H and O–H groups in total. The molecule has 3 atom stereocenters. The number of sulfonamides is 1. The molecule has 5 rings (SSSR count). The van der Waals surface area contributed by atoms with Crippen LogP contribution in [-0.4, -0.2) is 56.9 Å². The molecular formula is C29H34N4O4S. The number of carbonyl (C=O) groups is 2. The second kappa shape index (κ2) is 10.8. The van der Waals surface area contributed by atoms with Gasteiger partial charge < -0.3 is 15.5 Å². The van der Waals surface area contributed by atoms with Crippen molar-refractivity contribution in [2.75, 3.05) is 25.0 Å². The first-order chi connectivity index (χ1) is 18.2. The molecule has 8 nitrogen and oxygen atoms in total. The van der Waals surface area contributed by atoms with Crippen LogP contribution in [0.2, 0.25) is 0 Å². The van der Waals surface area contributed by atoms with Gasteiger partial charge in [-0.15, -0.1) is 0 Å². The number of aryl methyl sites for hydroxylation is 1. The number of likely N-dealkylation sites (tertiary alicyclic amines) is 1. The summed E-state index contributed by atoms with van der Waals surface area (Å²) >= 11 is 0. The molecule has 2 amide bonds. The fourth-order valence-electron chi connectivity index (χ4n) is 5.53. The first kappa shape index (κ1) is 26.3. The van der Waals surface area contributed by atoms with E-state index in [1.165, 1.54) is 0 Å². The summed E-state index contributed by atoms with van der Waals surface area (Å²) in [5.74, 6) is -0.155. The zero-order valence-electron chi connectivity index (χ0n) is 21.7. The fraction of sp³-hybridized carbons (Fsp3) is 0.379. The summed E-state index contributed by atoms with van der Waals surface area (Å²) < 4.78 is 30.1. The molecule has 0 radical (unpaired) electrons. The highest BCUT2D eigenvalue weighted by atomic mass is 32.2. The van der Waals surface area contributed by atoms with E-state index in [1.54, 1.807) is 30.3 Å². The van der Waals surface area contributed by atoms with Gasteiger partial charge >= 0.3 is 0 Å². The summed E-state index contributed by atoms with van der Waals surface area (Å²) in [6.45, 7) is 5.77. The summed E-state index contributed by atoms with van der Waals surface area (Å²) in [4.78, 5) is 27.8. The maximum atomic E-state index is 13.6. The van der Waals surface area contributed by atoms with Crippen LogP contribution in [0.3, 0.4) is 0 Å². The molecule has 200 valence electrons. The predicted octanol–water partition coefficient (Wildman–Crippen LogP) is 3.67. The Balaban J connectivity index is 1.34. The summed E-state index contributed by atoms with van der Waals surface area (Å²) in [7, 11) is -3.86. The number of fused-ring (bicyclic) bond motifs is 1. The highest BCUT2D eigenvalue weighted by Crippen LogP contribution is 2.31. The van der Waals surface area contributed by atoms with E-state index in [0.29, 0.717) is 41.5 Å². The number of benzene rings is 3. The molecule has 3 aromatic rings. The van der Waals surface area contributed by atoms with Crippen molar-refractivity contribution in [1.82, 2.24) is 14.9 Å². The van der Waals surface area contributed by atoms with Gasteiger partial charge in [0.05, 0.1) is 10.9 Å². The minimum Gasteiger partial charge on any atom is -0.341 e. The van der Waals surface area contributed by atoms with Gasteiger partial charge in [0.2, 0.25) is 15.9 Å². The van der Waals surface area contributed by atoms with Crippen LogP contribution in [0.4, 0.5) is 5.69 Å². The Morgan fingerprint density at radius 2 is 1.71 bits per heavy atom. The van der Waals surface area contributed by atoms with E-state index in [2.05, 4.69) is 15.4 Å². The van der Waals surface area contributed by atoms with E-state index >= 15 is 0 Å². The minimum atomic E-state index is -3.86. The Bertz CT molecular complexity index is 1470. The number of hydrogen-bond acceptors (Lipinski definition) is 5. The van der Waals surface area contributed by atoms with Crippen LogP contribution >= 0.6 is 0 Å². The molecule has 0 spiro atoms. The van der Waals surface area contributed by atoms with Crippen molar-refractivity contribution in [2.45, 2.75) is 50.1 Å². The van der Waals surface area contributed by atoms with E-state index in [-0.39, 0.29) is 34.7 Å². The number of anilines is 1. The average molecular weight is 535 g/mol. The smallest absolute Gasteiger partial charge is 0.255 e. The Labute approximate surface area is 223 Å². The SMILES string of the molecule is Cc1ccccc1C(=O)Nc1ccc(S(=O)(=O)N[C@@H]2CCN(C(=O)[C@@H]3CCCN3)C[C@H]2C)c2ccccc12. The predicted molar refractivity (Wildman–Crippen MR) is 149 cm³/mol. The topological polar surface area (TPSA) is 108 Å². The van der Waals surface area contributed by atoms with Gasteiger partial charge in [-0.05, 0) is 62.4 Å². The van der Waals surface area contributed by atoms with Gasteiger partial charge in [0.25, 0.3) is 5.91 Å². The first-order valence-electron chi connectivity index (χ1n) is 13.2. The second-order valence-electron chi connectivity index (χ2n) is 10.4. The Morgan fingerprint density at radius 3 is 2.42 bits per heavy atom.